The van der Waals surface area contributed by atoms with Gasteiger partial charge in [-0.3, -0.25) is 14.6 Å². The first-order valence-corrected chi connectivity index (χ1v) is 4.43. The van der Waals surface area contributed by atoms with E-state index in [1.807, 2.05) is 0 Å². The van der Waals surface area contributed by atoms with Crippen molar-refractivity contribution in [2.75, 3.05) is 0 Å². The molecule has 5 nitrogen and oxygen atoms in total. The zero-order chi connectivity index (χ0) is 10.7. The number of rotatable bonds is 3. The molecule has 0 radical (unpaired) electrons. The van der Waals surface area contributed by atoms with Gasteiger partial charge in [-0.05, 0) is 19.1 Å². The lowest BCUT2D eigenvalue weighted by molar-refractivity contribution is -0.137. The van der Waals surface area contributed by atoms with Crippen molar-refractivity contribution in [3.05, 3.63) is 26.9 Å². The van der Waals surface area contributed by atoms with Crippen LogP contribution in [0.15, 0.2) is 11.0 Å². The maximum absolute atomic E-state index is 11.1. The molecule has 0 aliphatic heterocycles. The van der Waals surface area contributed by atoms with Gasteiger partial charge in [0.05, 0.1) is 6.42 Å². The zero-order valence-electron chi connectivity index (χ0n) is 7.61. The highest BCUT2D eigenvalue weighted by atomic mass is 32.1. The molecule has 0 aliphatic carbocycles. The Kier molecular flexibility index (Phi) is 3.19. The standard InChI is InChI=1S/C8H10N2O3S/c1-5-4-10(3-2-6(11)12)8(14)9-7(5)13/h4H,2-3H2,1H3,(H,11,12)(H,9,13,14). The molecule has 0 saturated carbocycles. The van der Waals surface area contributed by atoms with E-state index in [0.29, 0.717) is 5.56 Å². The predicted octanol–water partition coefficient (Wildman–Crippen LogP) is 0.689. The van der Waals surface area contributed by atoms with Gasteiger partial charge < -0.3 is 9.67 Å². The first-order valence-electron chi connectivity index (χ1n) is 4.03. The van der Waals surface area contributed by atoms with Crippen LogP contribution in [0.25, 0.3) is 0 Å². The Labute approximate surface area is 85.0 Å². The van der Waals surface area contributed by atoms with E-state index in [2.05, 4.69) is 4.98 Å². The summed E-state index contributed by atoms with van der Waals surface area (Å²) >= 11 is 4.87. The SMILES string of the molecule is Cc1cn(CCC(=O)O)c(=S)[nH]c1=O. The molecule has 76 valence electrons. The van der Waals surface area contributed by atoms with E-state index < -0.39 is 5.97 Å². The number of H-pyrrole nitrogens is 1. The molecule has 0 aromatic carbocycles. The third-order valence-electron chi connectivity index (χ3n) is 1.76. The summed E-state index contributed by atoms with van der Waals surface area (Å²) in [6, 6.07) is 0. The number of nitrogens with zero attached hydrogens (tertiary/aromatic N) is 1. The number of aryl methyl sites for hydroxylation is 2. The van der Waals surface area contributed by atoms with Crippen molar-refractivity contribution in [1.82, 2.24) is 9.55 Å². The number of aromatic amines is 1. The van der Waals surface area contributed by atoms with Gasteiger partial charge in [0.2, 0.25) is 0 Å². The molecule has 0 fully saturated rings. The lowest BCUT2D eigenvalue weighted by Gasteiger charge is -2.04. The molecule has 1 rings (SSSR count). The fraction of sp³-hybridized carbons (Fsp3) is 0.375. The highest BCUT2D eigenvalue weighted by molar-refractivity contribution is 7.71. The monoisotopic (exact) mass is 214 g/mol. The smallest absolute Gasteiger partial charge is 0.305 e. The van der Waals surface area contributed by atoms with Crippen LogP contribution in [-0.2, 0) is 11.3 Å². The van der Waals surface area contributed by atoms with E-state index >= 15 is 0 Å². The molecule has 1 heterocycles. The predicted molar refractivity (Wildman–Crippen MR) is 52.9 cm³/mol. The molecule has 1 aromatic rings. The number of carbonyl (C=O) groups is 1. The van der Waals surface area contributed by atoms with Crippen LogP contribution in [0.5, 0.6) is 0 Å². The summed E-state index contributed by atoms with van der Waals surface area (Å²) in [5.74, 6) is -0.893. The zero-order valence-corrected chi connectivity index (χ0v) is 8.43. The Morgan fingerprint density at radius 2 is 2.36 bits per heavy atom. The van der Waals surface area contributed by atoms with E-state index in [9.17, 15) is 9.59 Å². The molecule has 0 aliphatic rings. The Bertz CT molecular complexity index is 460. The van der Waals surface area contributed by atoms with Crippen LogP contribution in [0.2, 0.25) is 0 Å². The van der Waals surface area contributed by atoms with Crippen LogP contribution in [-0.4, -0.2) is 20.6 Å². The molecule has 6 heteroatoms. The quantitative estimate of drug-likeness (QED) is 0.726. The third kappa shape index (κ3) is 2.53. The number of hydrogen-bond acceptors (Lipinski definition) is 3. The van der Waals surface area contributed by atoms with E-state index in [1.54, 1.807) is 17.7 Å². The fourth-order valence-corrected chi connectivity index (χ4v) is 1.24. The summed E-state index contributed by atoms with van der Waals surface area (Å²) in [5.41, 5.74) is 0.283. The van der Waals surface area contributed by atoms with Crippen molar-refractivity contribution >= 4 is 18.2 Å². The highest BCUT2D eigenvalue weighted by Crippen LogP contribution is 1.94. The van der Waals surface area contributed by atoms with Crippen molar-refractivity contribution in [1.29, 1.82) is 0 Å². The largest absolute Gasteiger partial charge is 0.481 e. The number of nitrogens with one attached hydrogen (secondary N) is 1. The van der Waals surface area contributed by atoms with Gasteiger partial charge in [0.1, 0.15) is 0 Å². The van der Waals surface area contributed by atoms with Gasteiger partial charge in [0.25, 0.3) is 5.56 Å². The minimum absolute atomic E-state index is 0.0141. The summed E-state index contributed by atoms with van der Waals surface area (Å²) in [7, 11) is 0. The molecule has 0 spiro atoms. The summed E-state index contributed by atoms with van der Waals surface area (Å²) in [5, 5.41) is 8.47. The molecular weight excluding hydrogens is 204 g/mol. The summed E-state index contributed by atoms with van der Waals surface area (Å²) in [4.78, 5) is 23.9. The van der Waals surface area contributed by atoms with Crippen molar-refractivity contribution in [3.8, 4) is 0 Å². The molecule has 0 amide bonds. The van der Waals surface area contributed by atoms with Gasteiger partial charge in [-0.25, -0.2) is 0 Å². The second-order valence-electron chi connectivity index (χ2n) is 2.91. The molecule has 0 unspecified atom stereocenters. The van der Waals surface area contributed by atoms with E-state index in [4.69, 9.17) is 17.3 Å². The third-order valence-corrected chi connectivity index (χ3v) is 2.09. The summed E-state index contributed by atoms with van der Waals surface area (Å²) in [6.07, 6.45) is 1.55. The summed E-state index contributed by atoms with van der Waals surface area (Å²) in [6.45, 7) is 1.91. The molecule has 0 bridgehead atoms. The van der Waals surface area contributed by atoms with Crippen LogP contribution in [0.3, 0.4) is 0 Å². The topological polar surface area (TPSA) is 75.1 Å². The van der Waals surface area contributed by atoms with Gasteiger partial charge in [-0.1, -0.05) is 0 Å². The lowest BCUT2D eigenvalue weighted by atomic mass is 10.3. The molecule has 0 saturated heterocycles. The van der Waals surface area contributed by atoms with Crippen LogP contribution < -0.4 is 5.56 Å². The van der Waals surface area contributed by atoms with Crippen molar-refractivity contribution < 1.29 is 9.90 Å². The average Bonchev–Trinajstić information content (AvgIpc) is 2.09. The Morgan fingerprint density at radius 1 is 1.71 bits per heavy atom. The molecule has 0 atom stereocenters. The van der Waals surface area contributed by atoms with Crippen molar-refractivity contribution in [2.45, 2.75) is 19.9 Å². The van der Waals surface area contributed by atoms with Crippen molar-refractivity contribution in [2.24, 2.45) is 0 Å². The Morgan fingerprint density at radius 3 is 2.93 bits per heavy atom. The first kappa shape index (κ1) is 10.6. The maximum Gasteiger partial charge on any atom is 0.305 e. The van der Waals surface area contributed by atoms with Crippen LogP contribution in [0, 0.1) is 11.7 Å². The normalized spacial score (nSPS) is 10.1. The maximum atomic E-state index is 11.1. The van der Waals surface area contributed by atoms with Gasteiger partial charge in [-0.15, -0.1) is 0 Å². The lowest BCUT2D eigenvalue weighted by Crippen LogP contribution is -2.16. The Balaban J connectivity index is 2.99. The number of carboxylic acid groups (broad SMARTS) is 1. The van der Waals surface area contributed by atoms with Gasteiger partial charge in [0.15, 0.2) is 4.77 Å². The van der Waals surface area contributed by atoms with E-state index in [-0.39, 0.29) is 23.3 Å². The highest BCUT2D eigenvalue weighted by Gasteiger charge is 2.00. The number of aromatic nitrogens is 2. The molecule has 1 aromatic heterocycles. The van der Waals surface area contributed by atoms with Gasteiger partial charge >= 0.3 is 5.97 Å². The average molecular weight is 214 g/mol. The van der Waals surface area contributed by atoms with Crippen LogP contribution in [0.4, 0.5) is 0 Å². The molecule has 2 N–H and O–H groups in total. The minimum atomic E-state index is -0.893. The van der Waals surface area contributed by atoms with E-state index in [0.717, 1.165) is 0 Å². The second kappa shape index (κ2) is 4.19. The second-order valence-corrected chi connectivity index (χ2v) is 3.30. The van der Waals surface area contributed by atoms with Gasteiger partial charge in [0, 0.05) is 18.3 Å². The van der Waals surface area contributed by atoms with E-state index in [1.165, 1.54) is 0 Å². The van der Waals surface area contributed by atoms with Gasteiger partial charge in [-0.2, -0.15) is 0 Å². The van der Waals surface area contributed by atoms with Crippen molar-refractivity contribution in [3.63, 3.8) is 0 Å². The summed E-state index contributed by atoms with van der Waals surface area (Å²) < 4.78 is 1.79. The number of hydrogen-bond donors (Lipinski definition) is 2. The molecule has 14 heavy (non-hydrogen) atoms. The fourth-order valence-electron chi connectivity index (χ4n) is 1.00. The number of carboxylic acids is 1. The van der Waals surface area contributed by atoms with Crippen LogP contribution in [0.1, 0.15) is 12.0 Å². The van der Waals surface area contributed by atoms with Crippen LogP contribution >= 0.6 is 12.2 Å². The first-order chi connectivity index (χ1) is 6.50. The number of aliphatic carboxylic acids is 1. The molecular formula is C8H10N2O3S. The Hall–Kier alpha value is -1.43. The minimum Gasteiger partial charge on any atom is -0.481 e.